The maximum absolute atomic E-state index is 12.1. The average Bonchev–Trinajstić information content (AvgIpc) is 2.83. The van der Waals surface area contributed by atoms with Gasteiger partial charge in [-0.05, 0) is 18.9 Å². The Morgan fingerprint density at radius 1 is 1.27 bits per heavy atom. The number of nitrogens with one attached hydrogen (secondary N) is 2. The summed E-state index contributed by atoms with van der Waals surface area (Å²) >= 11 is 0. The van der Waals surface area contributed by atoms with Crippen LogP contribution in [-0.2, 0) is 9.84 Å². The minimum Gasteiger partial charge on any atom is -0.352 e. The van der Waals surface area contributed by atoms with E-state index in [-0.39, 0.29) is 29.0 Å². The number of hydrogen-bond acceptors (Lipinski definition) is 5. The van der Waals surface area contributed by atoms with Crippen LogP contribution in [0.15, 0.2) is 18.5 Å². The predicted molar refractivity (Wildman–Crippen MR) is 81.4 cm³/mol. The van der Waals surface area contributed by atoms with Gasteiger partial charge in [0.25, 0.3) is 11.8 Å². The lowest BCUT2D eigenvalue weighted by molar-refractivity contribution is 0.0940. The molecule has 1 aromatic rings. The molecule has 1 aliphatic heterocycles. The number of hydrogen-bond donors (Lipinski definition) is 2. The van der Waals surface area contributed by atoms with Crippen molar-refractivity contribution < 1.29 is 18.0 Å². The topological polar surface area (TPSA) is 105 Å². The highest BCUT2D eigenvalue weighted by Gasteiger charge is 2.29. The van der Waals surface area contributed by atoms with Gasteiger partial charge >= 0.3 is 0 Å². The van der Waals surface area contributed by atoms with Gasteiger partial charge in [-0.3, -0.25) is 14.6 Å². The van der Waals surface area contributed by atoms with Crippen molar-refractivity contribution in [1.82, 2.24) is 15.6 Å². The van der Waals surface area contributed by atoms with Crippen molar-refractivity contribution in [3.8, 4) is 0 Å². The van der Waals surface area contributed by atoms with Crippen LogP contribution >= 0.6 is 0 Å². The van der Waals surface area contributed by atoms with Crippen LogP contribution in [0.25, 0.3) is 0 Å². The maximum atomic E-state index is 12.1. The van der Waals surface area contributed by atoms with Gasteiger partial charge in [0.15, 0.2) is 9.84 Å². The minimum absolute atomic E-state index is 0.0388. The Hall–Kier alpha value is -1.96. The molecule has 0 aliphatic carbocycles. The zero-order valence-electron chi connectivity index (χ0n) is 12.3. The number of nitrogens with zero attached hydrogens (tertiary/aromatic N) is 1. The quantitative estimate of drug-likeness (QED) is 0.801. The molecule has 0 saturated carbocycles. The molecule has 0 bridgehead atoms. The fourth-order valence-corrected chi connectivity index (χ4v) is 3.88. The molecule has 1 saturated heterocycles. The Balaban J connectivity index is 2.03. The van der Waals surface area contributed by atoms with E-state index in [0.29, 0.717) is 18.5 Å². The molecule has 2 heterocycles. The molecule has 0 radical (unpaired) electrons. The van der Waals surface area contributed by atoms with Crippen LogP contribution in [0.2, 0.25) is 0 Å². The Kier molecular flexibility index (Phi) is 5.12. The van der Waals surface area contributed by atoms with E-state index in [1.807, 2.05) is 6.92 Å². The summed E-state index contributed by atoms with van der Waals surface area (Å²) in [6.07, 6.45) is 3.98. The lowest BCUT2D eigenvalue weighted by atomic mass is 10.1. The van der Waals surface area contributed by atoms with E-state index >= 15 is 0 Å². The number of carbonyl (C=O) groups is 2. The standard InChI is InChI=1S/C14H19N3O4S/c1-2-4-16-13(18)10-6-11(8-15-7-10)14(19)17-12-3-5-22(20,21)9-12/h6-8,12H,2-5,9H2,1H3,(H,16,18)(H,17,19). The molecule has 8 heteroatoms. The first-order chi connectivity index (χ1) is 10.4. The van der Waals surface area contributed by atoms with E-state index in [4.69, 9.17) is 0 Å². The highest BCUT2D eigenvalue weighted by atomic mass is 32.2. The van der Waals surface area contributed by atoms with E-state index in [1.165, 1.54) is 18.5 Å². The molecule has 1 fully saturated rings. The third-order valence-corrected chi connectivity index (χ3v) is 5.13. The molecule has 7 nitrogen and oxygen atoms in total. The first-order valence-corrected chi connectivity index (χ1v) is 8.98. The van der Waals surface area contributed by atoms with Gasteiger partial charge in [-0.25, -0.2) is 8.42 Å². The van der Waals surface area contributed by atoms with Gasteiger partial charge in [0, 0.05) is 25.0 Å². The molecule has 1 aliphatic rings. The molecule has 120 valence electrons. The van der Waals surface area contributed by atoms with E-state index in [2.05, 4.69) is 15.6 Å². The van der Waals surface area contributed by atoms with Gasteiger partial charge in [-0.2, -0.15) is 0 Å². The van der Waals surface area contributed by atoms with E-state index < -0.39 is 15.7 Å². The molecule has 2 amide bonds. The number of rotatable bonds is 5. The van der Waals surface area contributed by atoms with E-state index in [9.17, 15) is 18.0 Å². The Labute approximate surface area is 129 Å². The third-order valence-electron chi connectivity index (χ3n) is 3.37. The molecular weight excluding hydrogens is 306 g/mol. The fourth-order valence-electron chi connectivity index (χ4n) is 2.21. The van der Waals surface area contributed by atoms with Crippen LogP contribution in [0.1, 0.15) is 40.5 Å². The zero-order chi connectivity index (χ0) is 16.2. The molecule has 1 unspecified atom stereocenters. The van der Waals surface area contributed by atoms with Crippen molar-refractivity contribution >= 4 is 21.7 Å². The molecule has 1 aromatic heterocycles. The number of aromatic nitrogens is 1. The highest BCUT2D eigenvalue weighted by molar-refractivity contribution is 7.91. The van der Waals surface area contributed by atoms with Crippen LogP contribution in [0.4, 0.5) is 0 Å². The van der Waals surface area contributed by atoms with Gasteiger partial charge < -0.3 is 10.6 Å². The lowest BCUT2D eigenvalue weighted by Gasteiger charge is -2.11. The van der Waals surface area contributed by atoms with Crippen LogP contribution < -0.4 is 10.6 Å². The van der Waals surface area contributed by atoms with Crippen LogP contribution in [0.5, 0.6) is 0 Å². The Morgan fingerprint density at radius 3 is 2.55 bits per heavy atom. The Bertz CT molecular complexity index is 672. The average molecular weight is 325 g/mol. The molecule has 2 rings (SSSR count). The summed E-state index contributed by atoms with van der Waals surface area (Å²) in [6, 6.07) is 1.08. The van der Waals surface area contributed by atoms with E-state index in [1.54, 1.807) is 0 Å². The van der Waals surface area contributed by atoms with Crippen molar-refractivity contribution in [1.29, 1.82) is 0 Å². The fraction of sp³-hybridized carbons (Fsp3) is 0.500. The summed E-state index contributed by atoms with van der Waals surface area (Å²) < 4.78 is 22.8. The molecule has 0 spiro atoms. The van der Waals surface area contributed by atoms with Gasteiger partial charge in [0.1, 0.15) is 0 Å². The van der Waals surface area contributed by atoms with Crippen LogP contribution in [-0.4, -0.2) is 49.3 Å². The first-order valence-electron chi connectivity index (χ1n) is 7.16. The van der Waals surface area contributed by atoms with Crippen molar-refractivity contribution in [3.63, 3.8) is 0 Å². The molecule has 2 N–H and O–H groups in total. The number of carbonyl (C=O) groups excluding carboxylic acids is 2. The van der Waals surface area contributed by atoms with Gasteiger partial charge in [-0.15, -0.1) is 0 Å². The second-order valence-corrected chi connectivity index (χ2v) is 7.52. The van der Waals surface area contributed by atoms with Crippen molar-refractivity contribution in [2.75, 3.05) is 18.1 Å². The monoisotopic (exact) mass is 325 g/mol. The SMILES string of the molecule is CCCNC(=O)c1cncc(C(=O)NC2CCS(=O)(=O)C2)c1. The second kappa shape index (κ2) is 6.87. The van der Waals surface area contributed by atoms with Crippen LogP contribution in [0, 0.1) is 0 Å². The smallest absolute Gasteiger partial charge is 0.253 e. The predicted octanol–water partition coefficient (Wildman–Crippen LogP) is 0.138. The van der Waals surface area contributed by atoms with E-state index in [0.717, 1.165) is 6.42 Å². The summed E-state index contributed by atoms with van der Waals surface area (Å²) in [5.74, 6) is -0.648. The number of sulfone groups is 1. The highest BCUT2D eigenvalue weighted by Crippen LogP contribution is 2.12. The summed E-state index contributed by atoms with van der Waals surface area (Å²) in [6.45, 7) is 2.49. The van der Waals surface area contributed by atoms with Crippen molar-refractivity contribution in [2.24, 2.45) is 0 Å². The largest absolute Gasteiger partial charge is 0.352 e. The van der Waals surface area contributed by atoms with Crippen molar-refractivity contribution in [2.45, 2.75) is 25.8 Å². The lowest BCUT2D eigenvalue weighted by Crippen LogP contribution is -2.35. The van der Waals surface area contributed by atoms with Crippen molar-refractivity contribution in [3.05, 3.63) is 29.6 Å². The summed E-state index contributed by atoms with van der Waals surface area (Å²) in [4.78, 5) is 27.9. The van der Waals surface area contributed by atoms with Gasteiger partial charge in [0.2, 0.25) is 0 Å². The summed E-state index contributed by atoms with van der Waals surface area (Å²) in [5, 5.41) is 5.38. The van der Waals surface area contributed by atoms with Gasteiger partial charge in [-0.1, -0.05) is 6.92 Å². The number of amides is 2. The molecule has 1 atom stereocenters. The second-order valence-electron chi connectivity index (χ2n) is 5.29. The molecule has 22 heavy (non-hydrogen) atoms. The summed E-state index contributed by atoms with van der Waals surface area (Å²) in [5.41, 5.74) is 0.550. The first kappa shape index (κ1) is 16.4. The molecule has 0 aromatic carbocycles. The van der Waals surface area contributed by atoms with Crippen LogP contribution in [0.3, 0.4) is 0 Å². The zero-order valence-corrected chi connectivity index (χ0v) is 13.1. The minimum atomic E-state index is -3.05. The third kappa shape index (κ3) is 4.27. The normalized spacial score (nSPS) is 19.6. The Morgan fingerprint density at radius 2 is 1.95 bits per heavy atom. The molecular formula is C14H19N3O4S. The summed E-state index contributed by atoms with van der Waals surface area (Å²) in [7, 11) is -3.05. The maximum Gasteiger partial charge on any atom is 0.253 e. The van der Waals surface area contributed by atoms with Gasteiger partial charge in [0.05, 0.1) is 22.6 Å². The number of pyridine rings is 1.